The molecule has 1 fully saturated rings. The van der Waals surface area contributed by atoms with E-state index in [9.17, 15) is 16.8 Å². The Hall–Kier alpha value is -1.36. The Morgan fingerprint density at radius 1 is 1.35 bits per heavy atom. The highest BCUT2D eigenvalue weighted by molar-refractivity contribution is 7.92. The number of sulfonamides is 2. The molecule has 23 heavy (non-hydrogen) atoms. The van der Waals surface area contributed by atoms with Gasteiger partial charge in [0, 0.05) is 25.2 Å². The van der Waals surface area contributed by atoms with Crippen LogP contribution in [0.4, 0.5) is 5.69 Å². The van der Waals surface area contributed by atoms with Gasteiger partial charge in [0.15, 0.2) is 0 Å². The first-order valence-corrected chi connectivity index (χ1v) is 10.2. The van der Waals surface area contributed by atoms with E-state index in [1.807, 2.05) is 0 Å². The van der Waals surface area contributed by atoms with Crippen LogP contribution >= 0.6 is 0 Å². The van der Waals surface area contributed by atoms with Crippen molar-refractivity contribution < 1.29 is 21.6 Å². The van der Waals surface area contributed by atoms with Crippen LogP contribution in [-0.4, -0.2) is 53.1 Å². The molecule has 1 aromatic carbocycles. The average molecular weight is 363 g/mol. The van der Waals surface area contributed by atoms with E-state index in [1.54, 1.807) is 0 Å². The molecule has 0 aromatic heterocycles. The van der Waals surface area contributed by atoms with E-state index in [0.29, 0.717) is 13.0 Å². The van der Waals surface area contributed by atoms with Gasteiger partial charge in [-0.25, -0.2) is 16.8 Å². The molecular weight excluding hydrogens is 342 g/mol. The summed E-state index contributed by atoms with van der Waals surface area (Å²) >= 11 is 0. The number of benzene rings is 1. The number of rotatable bonds is 6. The van der Waals surface area contributed by atoms with Gasteiger partial charge >= 0.3 is 0 Å². The quantitative estimate of drug-likeness (QED) is 0.744. The van der Waals surface area contributed by atoms with Gasteiger partial charge in [0.2, 0.25) is 20.0 Å². The minimum absolute atomic E-state index is 0.00598. The smallest absolute Gasteiger partial charge is 0.246 e. The highest BCUT2D eigenvalue weighted by Crippen LogP contribution is 2.31. The van der Waals surface area contributed by atoms with Crippen molar-refractivity contribution in [3.05, 3.63) is 18.2 Å². The van der Waals surface area contributed by atoms with Crippen LogP contribution in [0.1, 0.15) is 13.3 Å². The van der Waals surface area contributed by atoms with Crippen LogP contribution in [0.15, 0.2) is 23.1 Å². The number of hydrogen-bond acceptors (Lipinski definition) is 6. The van der Waals surface area contributed by atoms with Crippen molar-refractivity contribution in [1.29, 1.82) is 0 Å². The summed E-state index contributed by atoms with van der Waals surface area (Å²) in [5.41, 5.74) is 6.02. The summed E-state index contributed by atoms with van der Waals surface area (Å²) in [7, 11) is -5.84. The van der Waals surface area contributed by atoms with Crippen molar-refractivity contribution in [2.24, 2.45) is 5.73 Å². The second-order valence-electron chi connectivity index (χ2n) is 5.28. The molecule has 130 valence electrons. The summed E-state index contributed by atoms with van der Waals surface area (Å²) < 4.78 is 57.3. The summed E-state index contributed by atoms with van der Waals surface area (Å²) in [5, 5.41) is 0. The highest BCUT2D eigenvalue weighted by atomic mass is 32.2. The molecule has 1 aliphatic heterocycles. The third kappa shape index (κ3) is 3.94. The minimum Gasteiger partial charge on any atom is -0.495 e. The number of nitrogens with two attached hydrogens (primary N) is 1. The Balaban J connectivity index is 2.37. The van der Waals surface area contributed by atoms with Gasteiger partial charge in [0.05, 0.1) is 18.6 Å². The van der Waals surface area contributed by atoms with Gasteiger partial charge in [0.25, 0.3) is 0 Å². The zero-order valence-electron chi connectivity index (χ0n) is 13.0. The van der Waals surface area contributed by atoms with Gasteiger partial charge in [-0.3, -0.25) is 4.72 Å². The van der Waals surface area contributed by atoms with E-state index >= 15 is 0 Å². The topological polar surface area (TPSA) is 119 Å². The second kappa shape index (κ2) is 6.63. The van der Waals surface area contributed by atoms with Crippen molar-refractivity contribution in [2.75, 3.05) is 30.7 Å². The van der Waals surface area contributed by atoms with Crippen molar-refractivity contribution >= 4 is 25.7 Å². The molecule has 1 heterocycles. The Labute approximate surface area is 136 Å². The predicted octanol–water partition coefficient (Wildman–Crippen LogP) is 0.179. The number of ether oxygens (including phenoxy) is 1. The number of methoxy groups -OCH3 is 1. The molecule has 3 N–H and O–H groups in total. The number of hydrogen-bond donors (Lipinski definition) is 2. The monoisotopic (exact) mass is 363 g/mol. The number of nitrogens with one attached hydrogen (secondary N) is 1. The maximum atomic E-state index is 12.7. The first kappa shape index (κ1) is 18.0. The molecule has 0 aliphatic carbocycles. The largest absolute Gasteiger partial charge is 0.495 e. The molecule has 1 atom stereocenters. The fourth-order valence-electron chi connectivity index (χ4n) is 2.31. The van der Waals surface area contributed by atoms with Gasteiger partial charge in [-0.2, -0.15) is 4.31 Å². The van der Waals surface area contributed by atoms with Crippen LogP contribution in [0.25, 0.3) is 0 Å². The summed E-state index contributed by atoms with van der Waals surface area (Å²) in [6.07, 6.45) is 0.607. The average Bonchev–Trinajstić information content (AvgIpc) is 2.94. The fraction of sp³-hybridized carbons (Fsp3) is 0.538. The molecule has 8 nitrogen and oxygen atoms in total. The van der Waals surface area contributed by atoms with Gasteiger partial charge in [-0.15, -0.1) is 0 Å². The summed E-state index contributed by atoms with van der Waals surface area (Å²) in [6, 6.07) is 3.92. The van der Waals surface area contributed by atoms with Gasteiger partial charge in [-0.05, 0) is 25.5 Å². The molecular formula is C13H21N3O5S2. The normalized spacial score (nSPS) is 19.7. The molecule has 1 aromatic rings. The number of nitrogens with zero attached hydrogens (tertiary/aromatic N) is 1. The maximum absolute atomic E-state index is 12.7. The summed E-state index contributed by atoms with van der Waals surface area (Å²) in [6.45, 7) is 2.13. The van der Waals surface area contributed by atoms with Gasteiger partial charge < -0.3 is 10.5 Å². The lowest BCUT2D eigenvalue weighted by atomic mass is 10.3. The molecule has 0 amide bonds. The third-order valence-corrected chi connectivity index (χ3v) is 6.83. The Morgan fingerprint density at radius 2 is 2.04 bits per heavy atom. The van der Waals surface area contributed by atoms with Crippen molar-refractivity contribution in [2.45, 2.75) is 24.3 Å². The first-order valence-electron chi connectivity index (χ1n) is 7.14. The number of anilines is 1. The lowest BCUT2D eigenvalue weighted by Gasteiger charge is -2.18. The van der Waals surface area contributed by atoms with Crippen LogP contribution in [0, 0.1) is 0 Å². The van der Waals surface area contributed by atoms with Gasteiger partial charge in [0.1, 0.15) is 10.6 Å². The van der Waals surface area contributed by atoms with Crippen LogP contribution in [0.5, 0.6) is 5.75 Å². The Kier molecular flexibility index (Phi) is 5.19. The molecule has 0 radical (unpaired) electrons. The zero-order valence-corrected chi connectivity index (χ0v) is 14.7. The van der Waals surface area contributed by atoms with E-state index in [2.05, 4.69) is 4.72 Å². The lowest BCUT2D eigenvalue weighted by Crippen LogP contribution is -2.32. The van der Waals surface area contributed by atoms with Gasteiger partial charge in [-0.1, -0.05) is 0 Å². The van der Waals surface area contributed by atoms with E-state index in [1.165, 1.54) is 36.5 Å². The molecule has 1 saturated heterocycles. The SMILES string of the molecule is CCS(=O)(=O)Nc1ccc(S(=O)(=O)N2CC[C@@H](N)C2)c(OC)c1. The molecule has 0 bridgehead atoms. The molecule has 0 unspecified atom stereocenters. The van der Waals surface area contributed by atoms with Crippen LogP contribution in [0.2, 0.25) is 0 Å². The fourth-order valence-corrected chi connectivity index (χ4v) is 4.59. The molecule has 2 rings (SSSR count). The standard InChI is InChI=1S/C13H21N3O5S2/c1-3-22(17,18)15-11-4-5-13(12(8-11)21-2)23(19,20)16-7-6-10(14)9-16/h4-5,8,10,15H,3,6-7,9,14H2,1-2H3/t10-/m1/s1. The van der Waals surface area contributed by atoms with E-state index in [-0.39, 0.29) is 34.7 Å². The van der Waals surface area contributed by atoms with Crippen LogP contribution < -0.4 is 15.2 Å². The Morgan fingerprint density at radius 3 is 2.57 bits per heavy atom. The summed E-state index contributed by atoms with van der Waals surface area (Å²) in [5.74, 6) is 0.00267. The molecule has 0 saturated carbocycles. The highest BCUT2D eigenvalue weighted by Gasteiger charge is 2.33. The minimum atomic E-state index is -3.73. The third-order valence-electron chi connectivity index (χ3n) is 3.62. The molecule has 10 heteroatoms. The summed E-state index contributed by atoms with van der Waals surface area (Å²) in [4.78, 5) is -0.00598. The van der Waals surface area contributed by atoms with Crippen molar-refractivity contribution in [3.8, 4) is 5.75 Å². The molecule has 0 spiro atoms. The lowest BCUT2D eigenvalue weighted by molar-refractivity contribution is 0.398. The van der Waals surface area contributed by atoms with Crippen molar-refractivity contribution in [3.63, 3.8) is 0 Å². The predicted molar refractivity (Wildman–Crippen MR) is 87.4 cm³/mol. The van der Waals surface area contributed by atoms with Crippen molar-refractivity contribution in [1.82, 2.24) is 4.31 Å². The van der Waals surface area contributed by atoms with Crippen LogP contribution in [-0.2, 0) is 20.0 Å². The van der Waals surface area contributed by atoms with E-state index in [4.69, 9.17) is 10.5 Å². The van der Waals surface area contributed by atoms with Crippen LogP contribution in [0.3, 0.4) is 0 Å². The molecule has 1 aliphatic rings. The second-order valence-corrected chi connectivity index (χ2v) is 9.20. The van der Waals surface area contributed by atoms with E-state index < -0.39 is 20.0 Å². The zero-order chi connectivity index (χ0) is 17.3. The first-order chi connectivity index (χ1) is 10.7. The van der Waals surface area contributed by atoms with E-state index in [0.717, 1.165) is 0 Å². The maximum Gasteiger partial charge on any atom is 0.246 e. The Bertz CT molecular complexity index is 777.